The summed E-state index contributed by atoms with van der Waals surface area (Å²) in [7, 11) is 1.01. The molecule has 2 aromatic carbocycles. The lowest BCUT2D eigenvalue weighted by molar-refractivity contribution is -0.152. The Labute approximate surface area is 182 Å². The Morgan fingerprint density at radius 3 is 2.72 bits per heavy atom. The zero-order valence-corrected chi connectivity index (χ0v) is 17.4. The third kappa shape index (κ3) is 3.95. The molecule has 1 aliphatic heterocycles. The van der Waals surface area contributed by atoms with Crippen LogP contribution in [0.1, 0.15) is 34.8 Å². The summed E-state index contributed by atoms with van der Waals surface area (Å²) < 4.78 is 53.5. The van der Waals surface area contributed by atoms with Crippen LogP contribution in [0.5, 0.6) is 5.75 Å². The maximum atomic E-state index is 14.0. The second kappa shape index (κ2) is 8.31. The largest absolute Gasteiger partial charge is 0.493 e. The number of fused-ring (bicyclic) bond motifs is 1. The van der Waals surface area contributed by atoms with Crippen molar-refractivity contribution in [3.05, 3.63) is 65.0 Å². The van der Waals surface area contributed by atoms with Crippen molar-refractivity contribution in [3.8, 4) is 22.6 Å². The van der Waals surface area contributed by atoms with Gasteiger partial charge >= 0.3 is 12.1 Å². The van der Waals surface area contributed by atoms with Crippen LogP contribution < -0.4 is 4.74 Å². The van der Waals surface area contributed by atoms with Gasteiger partial charge in [0.05, 0.1) is 31.2 Å². The summed E-state index contributed by atoms with van der Waals surface area (Å²) in [5, 5.41) is 14.9. The van der Waals surface area contributed by atoms with Gasteiger partial charge in [-0.15, -0.1) is 0 Å². The first-order valence-electron chi connectivity index (χ1n) is 9.98. The SMILES string of the molecule is COC(=O)C(O)c1c(C(F)(F)F)ccc(-n2cc(C)cn2)c1-c1ccc2c(c1)CCCO2. The zero-order valence-electron chi connectivity index (χ0n) is 17.4. The molecule has 32 heavy (non-hydrogen) atoms. The van der Waals surface area contributed by atoms with Crippen molar-refractivity contribution in [2.75, 3.05) is 13.7 Å². The number of nitrogens with zero attached hydrogens (tertiary/aromatic N) is 2. The lowest BCUT2D eigenvalue weighted by atomic mass is 9.88. The minimum Gasteiger partial charge on any atom is -0.493 e. The van der Waals surface area contributed by atoms with Gasteiger partial charge in [0, 0.05) is 17.3 Å². The van der Waals surface area contributed by atoms with E-state index >= 15 is 0 Å². The average molecular weight is 446 g/mol. The molecular weight excluding hydrogens is 425 g/mol. The highest BCUT2D eigenvalue weighted by molar-refractivity contribution is 5.86. The Morgan fingerprint density at radius 1 is 1.28 bits per heavy atom. The number of aliphatic hydroxyl groups is 1. The number of ether oxygens (including phenoxy) is 2. The summed E-state index contributed by atoms with van der Waals surface area (Å²) in [6.45, 7) is 2.37. The molecule has 6 nitrogen and oxygen atoms in total. The number of alkyl halides is 3. The van der Waals surface area contributed by atoms with Crippen LogP contribution >= 0.6 is 0 Å². The van der Waals surface area contributed by atoms with Gasteiger partial charge in [0.15, 0.2) is 6.10 Å². The average Bonchev–Trinajstić information content (AvgIpc) is 3.22. The number of hydrogen-bond acceptors (Lipinski definition) is 5. The monoisotopic (exact) mass is 446 g/mol. The van der Waals surface area contributed by atoms with Gasteiger partial charge in [-0.3, -0.25) is 0 Å². The first kappa shape index (κ1) is 21.9. The number of aryl methyl sites for hydroxylation is 2. The van der Waals surface area contributed by atoms with Crippen molar-refractivity contribution in [1.29, 1.82) is 0 Å². The molecule has 0 saturated carbocycles. The minimum absolute atomic E-state index is 0.0502. The number of benzene rings is 2. The van der Waals surface area contributed by atoms with Crippen molar-refractivity contribution in [2.24, 2.45) is 0 Å². The molecule has 168 valence electrons. The number of carbonyl (C=O) groups is 1. The van der Waals surface area contributed by atoms with Gasteiger partial charge in [-0.2, -0.15) is 18.3 Å². The molecule has 4 rings (SSSR count). The Morgan fingerprint density at radius 2 is 2.06 bits per heavy atom. The van der Waals surface area contributed by atoms with E-state index in [0.29, 0.717) is 30.0 Å². The Bertz CT molecular complexity index is 1170. The first-order valence-corrected chi connectivity index (χ1v) is 9.98. The van der Waals surface area contributed by atoms with E-state index in [2.05, 4.69) is 9.84 Å². The van der Waals surface area contributed by atoms with Gasteiger partial charge in [0.2, 0.25) is 0 Å². The van der Waals surface area contributed by atoms with Crippen LogP contribution in [0, 0.1) is 6.92 Å². The van der Waals surface area contributed by atoms with Crippen LogP contribution in [-0.2, 0) is 22.1 Å². The van der Waals surface area contributed by atoms with E-state index in [0.717, 1.165) is 30.7 Å². The number of aromatic nitrogens is 2. The Hall–Kier alpha value is -3.33. The highest BCUT2D eigenvalue weighted by atomic mass is 19.4. The first-order chi connectivity index (χ1) is 15.2. The number of carbonyl (C=O) groups excluding carboxylic acids is 1. The Balaban J connectivity index is 2.06. The third-order valence-corrected chi connectivity index (χ3v) is 5.38. The molecule has 1 N–H and O–H groups in total. The molecule has 3 aromatic rings. The standard InChI is InChI=1S/C23H21F3N2O4/c1-13-11-27-28(12-13)17-7-6-16(23(24,25)26)20(21(29)22(30)31-2)19(17)15-5-8-18-14(10-15)4-3-9-32-18/h5-8,10-12,21,29H,3-4,9H2,1-2H3. The molecule has 0 radical (unpaired) electrons. The smallest absolute Gasteiger partial charge is 0.416 e. The van der Waals surface area contributed by atoms with E-state index in [4.69, 9.17) is 4.74 Å². The van der Waals surface area contributed by atoms with Gasteiger partial charge < -0.3 is 14.6 Å². The highest BCUT2D eigenvalue weighted by Crippen LogP contribution is 2.44. The van der Waals surface area contributed by atoms with E-state index in [1.165, 1.54) is 10.7 Å². The van der Waals surface area contributed by atoms with E-state index < -0.39 is 29.4 Å². The van der Waals surface area contributed by atoms with Crippen LogP contribution in [0.15, 0.2) is 42.7 Å². The summed E-state index contributed by atoms with van der Waals surface area (Å²) in [6.07, 6.45) is -2.25. The minimum atomic E-state index is -4.81. The second-order valence-electron chi connectivity index (χ2n) is 7.58. The van der Waals surface area contributed by atoms with Crippen molar-refractivity contribution in [2.45, 2.75) is 32.0 Å². The van der Waals surface area contributed by atoms with E-state index in [-0.39, 0.29) is 5.56 Å². The fourth-order valence-electron chi connectivity index (χ4n) is 3.92. The second-order valence-corrected chi connectivity index (χ2v) is 7.58. The van der Waals surface area contributed by atoms with Gasteiger partial charge in [-0.1, -0.05) is 6.07 Å². The predicted molar refractivity (Wildman–Crippen MR) is 110 cm³/mol. The number of esters is 1. The number of methoxy groups -OCH3 is 1. The molecule has 0 spiro atoms. The molecule has 1 aromatic heterocycles. The lowest BCUT2D eigenvalue weighted by Crippen LogP contribution is -2.21. The molecule has 1 unspecified atom stereocenters. The van der Waals surface area contributed by atoms with E-state index in [1.807, 2.05) is 0 Å². The normalized spacial score (nSPS) is 14.4. The molecule has 9 heteroatoms. The molecule has 0 bridgehead atoms. The maximum Gasteiger partial charge on any atom is 0.416 e. The number of halogens is 3. The fourth-order valence-corrected chi connectivity index (χ4v) is 3.92. The van der Waals surface area contributed by atoms with Crippen LogP contribution in [0.2, 0.25) is 0 Å². The summed E-state index contributed by atoms with van der Waals surface area (Å²) in [6, 6.07) is 7.17. The Kier molecular flexibility index (Phi) is 5.68. The van der Waals surface area contributed by atoms with E-state index in [1.54, 1.807) is 37.5 Å². The van der Waals surface area contributed by atoms with Crippen molar-refractivity contribution < 1.29 is 32.5 Å². The third-order valence-electron chi connectivity index (χ3n) is 5.38. The molecule has 0 fully saturated rings. The fraction of sp³-hybridized carbons (Fsp3) is 0.304. The van der Waals surface area contributed by atoms with Crippen LogP contribution in [0.3, 0.4) is 0 Å². The topological polar surface area (TPSA) is 73.6 Å². The molecule has 0 saturated heterocycles. The molecule has 2 heterocycles. The van der Waals surface area contributed by atoms with Gasteiger partial charge in [0.1, 0.15) is 5.75 Å². The van der Waals surface area contributed by atoms with E-state index in [9.17, 15) is 23.1 Å². The van der Waals surface area contributed by atoms with Gasteiger partial charge in [0.25, 0.3) is 0 Å². The number of hydrogen-bond donors (Lipinski definition) is 1. The summed E-state index contributed by atoms with van der Waals surface area (Å²) in [5.41, 5.74) is 0.687. The van der Waals surface area contributed by atoms with Crippen molar-refractivity contribution in [1.82, 2.24) is 9.78 Å². The molecule has 0 amide bonds. The van der Waals surface area contributed by atoms with Crippen LogP contribution in [-0.4, -0.2) is 34.6 Å². The number of aliphatic hydroxyl groups excluding tert-OH is 1. The van der Waals surface area contributed by atoms with Crippen LogP contribution in [0.25, 0.3) is 16.8 Å². The molecule has 1 atom stereocenters. The van der Waals surface area contributed by atoms with Crippen LogP contribution in [0.4, 0.5) is 13.2 Å². The number of rotatable bonds is 4. The lowest BCUT2D eigenvalue weighted by Gasteiger charge is -2.24. The van der Waals surface area contributed by atoms with Crippen molar-refractivity contribution >= 4 is 5.97 Å². The molecular formula is C23H21F3N2O4. The van der Waals surface area contributed by atoms with Crippen molar-refractivity contribution in [3.63, 3.8) is 0 Å². The summed E-state index contributed by atoms with van der Waals surface area (Å²) >= 11 is 0. The van der Waals surface area contributed by atoms with Gasteiger partial charge in [-0.25, -0.2) is 9.48 Å². The quantitative estimate of drug-likeness (QED) is 0.602. The van der Waals surface area contributed by atoms with Gasteiger partial charge in [-0.05, 0) is 60.7 Å². The predicted octanol–water partition coefficient (Wildman–Crippen LogP) is 4.40. The maximum absolute atomic E-state index is 14.0. The molecule has 0 aliphatic carbocycles. The summed E-state index contributed by atoms with van der Waals surface area (Å²) in [5.74, 6) is -0.523. The highest BCUT2D eigenvalue weighted by Gasteiger charge is 2.39. The summed E-state index contributed by atoms with van der Waals surface area (Å²) in [4.78, 5) is 12.2. The zero-order chi connectivity index (χ0) is 23.0. The molecule has 1 aliphatic rings.